The van der Waals surface area contributed by atoms with Crippen molar-refractivity contribution in [2.75, 3.05) is 0 Å². The third kappa shape index (κ3) is 3.66. The highest BCUT2D eigenvalue weighted by Gasteiger charge is 2.22. The summed E-state index contributed by atoms with van der Waals surface area (Å²) in [5.74, 6) is 0.0819. The fourth-order valence-corrected chi connectivity index (χ4v) is 1.96. The maximum absolute atomic E-state index is 11.3. The van der Waals surface area contributed by atoms with Crippen LogP contribution in [0.25, 0.3) is 0 Å². The van der Waals surface area contributed by atoms with Gasteiger partial charge in [-0.3, -0.25) is 4.79 Å². The van der Waals surface area contributed by atoms with Crippen LogP contribution < -0.4 is 5.32 Å². The summed E-state index contributed by atoms with van der Waals surface area (Å²) < 4.78 is 0. The molecule has 0 unspecified atom stereocenters. The molecular formula is C11H21NO2. The van der Waals surface area contributed by atoms with Gasteiger partial charge in [0.05, 0.1) is 12.1 Å². The second-order valence-electron chi connectivity index (χ2n) is 4.13. The number of aliphatic hydroxyl groups excluding tert-OH is 1. The summed E-state index contributed by atoms with van der Waals surface area (Å²) in [5.41, 5.74) is 0. The molecule has 1 aliphatic rings. The molecule has 0 aliphatic heterocycles. The van der Waals surface area contributed by atoms with E-state index in [4.69, 9.17) is 0 Å². The summed E-state index contributed by atoms with van der Waals surface area (Å²) in [6.07, 6.45) is 6.25. The number of carbonyl (C=O) groups is 1. The SMILES string of the molecule is CCCC(=O)N[C@H]1CCCCC[C@@H]1O. The number of hydrogen-bond acceptors (Lipinski definition) is 2. The minimum Gasteiger partial charge on any atom is -0.391 e. The molecule has 3 nitrogen and oxygen atoms in total. The van der Waals surface area contributed by atoms with Gasteiger partial charge in [0.15, 0.2) is 0 Å². The van der Waals surface area contributed by atoms with Crippen molar-refractivity contribution in [2.45, 2.75) is 64.0 Å². The Kier molecular flexibility index (Phi) is 4.94. The number of nitrogens with one attached hydrogen (secondary N) is 1. The van der Waals surface area contributed by atoms with Gasteiger partial charge in [0, 0.05) is 6.42 Å². The first kappa shape index (κ1) is 11.5. The zero-order valence-corrected chi connectivity index (χ0v) is 8.96. The van der Waals surface area contributed by atoms with Crippen molar-refractivity contribution >= 4 is 5.91 Å². The molecule has 1 rings (SSSR count). The summed E-state index contributed by atoms with van der Waals surface area (Å²) in [7, 11) is 0. The predicted octanol–water partition coefficient (Wildman–Crippen LogP) is 1.60. The van der Waals surface area contributed by atoms with Crippen molar-refractivity contribution in [3.8, 4) is 0 Å². The van der Waals surface area contributed by atoms with E-state index in [-0.39, 0.29) is 18.1 Å². The molecule has 0 aromatic carbocycles. The van der Waals surface area contributed by atoms with E-state index in [2.05, 4.69) is 5.32 Å². The van der Waals surface area contributed by atoms with Crippen LogP contribution in [0.2, 0.25) is 0 Å². The van der Waals surface area contributed by atoms with Gasteiger partial charge in [0.1, 0.15) is 0 Å². The van der Waals surface area contributed by atoms with Crippen molar-refractivity contribution in [1.82, 2.24) is 5.32 Å². The van der Waals surface area contributed by atoms with Crippen LogP contribution in [0.5, 0.6) is 0 Å². The van der Waals surface area contributed by atoms with Crippen LogP contribution in [0.4, 0.5) is 0 Å². The summed E-state index contributed by atoms with van der Waals surface area (Å²) >= 11 is 0. The molecule has 82 valence electrons. The zero-order valence-electron chi connectivity index (χ0n) is 8.96. The normalized spacial score (nSPS) is 28.1. The lowest BCUT2D eigenvalue weighted by molar-refractivity contribution is -0.122. The van der Waals surface area contributed by atoms with E-state index in [1.165, 1.54) is 6.42 Å². The fraction of sp³-hybridized carbons (Fsp3) is 0.909. The number of rotatable bonds is 3. The van der Waals surface area contributed by atoms with Crippen LogP contribution in [0.1, 0.15) is 51.9 Å². The molecular weight excluding hydrogens is 178 g/mol. The lowest BCUT2D eigenvalue weighted by atomic mass is 10.1. The van der Waals surface area contributed by atoms with Crippen LogP contribution in [0.3, 0.4) is 0 Å². The maximum atomic E-state index is 11.3. The van der Waals surface area contributed by atoms with Gasteiger partial charge in [0.25, 0.3) is 0 Å². The third-order valence-electron chi connectivity index (χ3n) is 2.80. The maximum Gasteiger partial charge on any atom is 0.220 e. The van der Waals surface area contributed by atoms with Crippen LogP contribution >= 0.6 is 0 Å². The molecule has 0 bridgehead atoms. The van der Waals surface area contributed by atoms with E-state index in [1.54, 1.807) is 0 Å². The molecule has 0 aromatic rings. The van der Waals surface area contributed by atoms with E-state index in [1.807, 2.05) is 6.92 Å². The molecule has 0 saturated heterocycles. The van der Waals surface area contributed by atoms with E-state index < -0.39 is 0 Å². The monoisotopic (exact) mass is 199 g/mol. The van der Waals surface area contributed by atoms with Crippen LogP contribution in [0, 0.1) is 0 Å². The molecule has 2 N–H and O–H groups in total. The largest absolute Gasteiger partial charge is 0.391 e. The van der Waals surface area contributed by atoms with Gasteiger partial charge in [-0.15, -0.1) is 0 Å². The van der Waals surface area contributed by atoms with Gasteiger partial charge in [-0.05, 0) is 19.3 Å². The highest BCUT2D eigenvalue weighted by molar-refractivity contribution is 5.76. The number of hydrogen-bond donors (Lipinski definition) is 2. The molecule has 1 aliphatic carbocycles. The van der Waals surface area contributed by atoms with Crippen molar-refractivity contribution in [3.63, 3.8) is 0 Å². The van der Waals surface area contributed by atoms with Crippen LogP contribution in [-0.4, -0.2) is 23.2 Å². The molecule has 0 heterocycles. The minimum atomic E-state index is -0.335. The Hall–Kier alpha value is -0.570. The molecule has 0 aromatic heterocycles. The molecule has 0 spiro atoms. The van der Waals surface area contributed by atoms with Gasteiger partial charge < -0.3 is 10.4 Å². The smallest absolute Gasteiger partial charge is 0.220 e. The van der Waals surface area contributed by atoms with Gasteiger partial charge in [-0.25, -0.2) is 0 Å². The van der Waals surface area contributed by atoms with Gasteiger partial charge in [-0.1, -0.05) is 26.2 Å². The lowest BCUT2D eigenvalue weighted by Gasteiger charge is -2.21. The highest BCUT2D eigenvalue weighted by atomic mass is 16.3. The van der Waals surface area contributed by atoms with Crippen molar-refractivity contribution < 1.29 is 9.90 Å². The average Bonchev–Trinajstić information content (AvgIpc) is 2.33. The van der Waals surface area contributed by atoms with Gasteiger partial charge in [-0.2, -0.15) is 0 Å². The van der Waals surface area contributed by atoms with Crippen LogP contribution in [0.15, 0.2) is 0 Å². The number of aliphatic hydroxyl groups is 1. The van der Waals surface area contributed by atoms with Crippen LogP contribution in [-0.2, 0) is 4.79 Å². The Morgan fingerprint density at radius 1 is 1.36 bits per heavy atom. The van der Waals surface area contributed by atoms with Crippen molar-refractivity contribution in [2.24, 2.45) is 0 Å². The van der Waals surface area contributed by atoms with Crippen molar-refractivity contribution in [1.29, 1.82) is 0 Å². The molecule has 0 radical (unpaired) electrons. The fourth-order valence-electron chi connectivity index (χ4n) is 1.96. The topological polar surface area (TPSA) is 49.3 Å². The Balaban J connectivity index is 2.36. The van der Waals surface area contributed by atoms with E-state index in [9.17, 15) is 9.90 Å². The highest BCUT2D eigenvalue weighted by Crippen LogP contribution is 2.18. The van der Waals surface area contributed by atoms with E-state index in [0.717, 1.165) is 32.1 Å². The summed E-state index contributed by atoms with van der Waals surface area (Å²) in [4.78, 5) is 11.3. The Labute approximate surface area is 85.9 Å². The average molecular weight is 199 g/mol. The molecule has 1 fully saturated rings. The Morgan fingerprint density at radius 3 is 2.79 bits per heavy atom. The standard InChI is InChI=1S/C11H21NO2/c1-2-6-11(14)12-9-7-4-3-5-8-10(9)13/h9-10,13H,2-8H2,1H3,(H,12,14)/t9-,10-/m0/s1. The Bertz CT molecular complexity index is 182. The van der Waals surface area contributed by atoms with Gasteiger partial charge in [0.2, 0.25) is 5.91 Å². The first-order valence-electron chi connectivity index (χ1n) is 5.71. The third-order valence-corrected chi connectivity index (χ3v) is 2.80. The molecule has 3 heteroatoms. The minimum absolute atomic E-state index is 0.00319. The second kappa shape index (κ2) is 6.02. The summed E-state index contributed by atoms with van der Waals surface area (Å²) in [6.45, 7) is 1.99. The van der Waals surface area contributed by atoms with Gasteiger partial charge >= 0.3 is 0 Å². The zero-order chi connectivity index (χ0) is 10.4. The van der Waals surface area contributed by atoms with E-state index >= 15 is 0 Å². The number of carbonyl (C=O) groups excluding carboxylic acids is 1. The first-order valence-corrected chi connectivity index (χ1v) is 5.71. The first-order chi connectivity index (χ1) is 6.74. The molecule has 1 saturated carbocycles. The lowest BCUT2D eigenvalue weighted by Crippen LogP contribution is -2.42. The quantitative estimate of drug-likeness (QED) is 0.678. The summed E-state index contributed by atoms with van der Waals surface area (Å²) in [5, 5.41) is 12.7. The van der Waals surface area contributed by atoms with Crippen molar-refractivity contribution in [3.05, 3.63) is 0 Å². The summed E-state index contributed by atoms with van der Waals surface area (Å²) in [6, 6.07) is -0.00319. The molecule has 2 atom stereocenters. The molecule has 1 amide bonds. The number of amides is 1. The predicted molar refractivity (Wildman–Crippen MR) is 55.9 cm³/mol. The molecule has 14 heavy (non-hydrogen) atoms. The van der Waals surface area contributed by atoms with E-state index in [0.29, 0.717) is 6.42 Å². The Morgan fingerprint density at radius 2 is 2.07 bits per heavy atom. The second-order valence-corrected chi connectivity index (χ2v) is 4.13.